The Morgan fingerprint density at radius 3 is 2.75 bits per heavy atom. The fourth-order valence-electron chi connectivity index (χ4n) is 2.36. The van der Waals surface area contributed by atoms with Gasteiger partial charge in [0.05, 0.1) is 12.7 Å². The van der Waals surface area contributed by atoms with Crippen LogP contribution in [0.3, 0.4) is 0 Å². The average molecular weight is 296 g/mol. The maximum Gasteiger partial charge on any atom is 0.234 e. The topological polar surface area (TPSA) is 61.4 Å². The number of amides is 1. The molecule has 20 heavy (non-hydrogen) atoms. The number of piperazine rings is 1. The average Bonchev–Trinajstić information content (AvgIpc) is 3.24. The van der Waals surface area contributed by atoms with Gasteiger partial charge in [-0.05, 0) is 12.8 Å². The van der Waals surface area contributed by atoms with Gasteiger partial charge in [0.1, 0.15) is 11.3 Å². The predicted octanol–water partition coefficient (Wildman–Crippen LogP) is 0.531. The van der Waals surface area contributed by atoms with Crippen LogP contribution in [0.1, 0.15) is 12.8 Å². The molecule has 1 aromatic heterocycles. The van der Waals surface area contributed by atoms with Gasteiger partial charge in [-0.25, -0.2) is 9.97 Å². The van der Waals surface area contributed by atoms with Crippen LogP contribution >= 0.6 is 11.6 Å². The van der Waals surface area contributed by atoms with Crippen molar-refractivity contribution in [2.24, 2.45) is 0 Å². The lowest BCUT2D eigenvalue weighted by Crippen LogP contribution is -2.50. The minimum atomic E-state index is 0.140. The molecule has 1 saturated heterocycles. The molecule has 6 nitrogen and oxygen atoms in total. The SMILES string of the molecule is O=C(CN1CCN(c2ncncc2Cl)CC1)NC1CC1. The highest BCUT2D eigenvalue weighted by molar-refractivity contribution is 6.32. The molecule has 2 fully saturated rings. The van der Waals surface area contributed by atoms with Gasteiger partial charge in [0.25, 0.3) is 0 Å². The van der Waals surface area contributed by atoms with Crippen molar-refractivity contribution in [2.75, 3.05) is 37.6 Å². The number of hydrogen-bond acceptors (Lipinski definition) is 5. The molecule has 1 N–H and O–H groups in total. The van der Waals surface area contributed by atoms with Crippen LogP contribution in [0.4, 0.5) is 5.82 Å². The first-order valence-corrected chi connectivity index (χ1v) is 7.32. The number of halogens is 1. The molecule has 2 aliphatic rings. The zero-order chi connectivity index (χ0) is 13.9. The number of hydrogen-bond donors (Lipinski definition) is 1. The lowest BCUT2D eigenvalue weighted by atomic mass is 10.3. The van der Waals surface area contributed by atoms with Crippen LogP contribution in [0, 0.1) is 0 Å². The van der Waals surface area contributed by atoms with E-state index in [0.29, 0.717) is 17.6 Å². The smallest absolute Gasteiger partial charge is 0.234 e. The Hall–Kier alpha value is -1.40. The van der Waals surface area contributed by atoms with Gasteiger partial charge in [0, 0.05) is 32.2 Å². The molecule has 3 rings (SSSR count). The van der Waals surface area contributed by atoms with Gasteiger partial charge >= 0.3 is 0 Å². The molecular weight excluding hydrogens is 278 g/mol. The van der Waals surface area contributed by atoms with Crippen LogP contribution in [0.2, 0.25) is 5.02 Å². The van der Waals surface area contributed by atoms with Gasteiger partial charge in [-0.3, -0.25) is 9.69 Å². The number of nitrogens with one attached hydrogen (secondary N) is 1. The molecule has 0 radical (unpaired) electrons. The van der Waals surface area contributed by atoms with E-state index in [4.69, 9.17) is 11.6 Å². The third kappa shape index (κ3) is 3.37. The fourth-order valence-corrected chi connectivity index (χ4v) is 2.59. The second-order valence-electron chi connectivity index (χ2n) is 5.30. The zero-order valence-electron chi connectivity index (χ0n) is 11.3. The molecule has 0 atom stereocenters. The van der Waals surface area contributed by atoms with Gasteiger partial charge < -0.3 is 10.2 Å². The molecule has 1 amide bonds. The predicted molar refractivity (Wildman–Crippen MR) is 76.9 cm³/mol. The first-order valence-electron chi connectivity index (χ1n) is 6.94. The fraction of sp³-hybridized carbons (Fsp3) is 0.615. The molecule has 0 aromatic carbocycles. The van der Waals surface area contributed by atoms with E-state index >= 15 is 0 Å². The monoisotopic (exact) mass is 295 g/mol. The van der Waals surface area contributed by atoms with Gasteiger partial charge in [-0.15, -0.1) is 0 Å². The van der Waals surface area contributed by atoms with Crippen LogP contribution in [0.15, 0.2) is 12.5 Å². The third-order valence-corrected chi connectivity index (χ3v) is 3.90. The van der Waals surface area contributed by atoms with Gasteiger partial charge in [-0.2, -0.15) is 0 Å². The molecule has 1 aliphatic heterocycles. The van der Waals surface area contributed by atoms with Crippen molar-refractivity contribution in [1.29, 1.82) is 0 Å². The summed E-state index contributed by atoms with van der Waals surface area (Å²) in [6.07, 6.45) is 5.38. The Kier molecular flexibility index (Phi) is 4.03. The Labute approximate surface area is 123 Å². The van der Waals surface area contributed by atoms with Gasteiger partial charge in [-0.1, -0.05) is 11.6 Å². The standard InChI is InChI=1S/C13H18ClN5O/c14-11-7-15-9-16-13(11)19-5-3-18(4-6-19)8-12(20)17-10-1-2-10/h7,9-10H,1-6,8H2,(H,17,20). The number of aromatic nitrogens is 2. The molecular formula is C13H18ClN5O. The minimum absolute atomic E-state index is 0.140. The number of carbonyl (C=O) groups excluding carboxylic acids is 1. The Morgan fingerprint density at radius 1 is 1.35 bits per heavy atom. The highest BCUT2D eigenvalue weighted by Gasteiger charge is 2.25. The second kappa shape index (κ2) is 5.93. The normalized spacial score (nSPS) is 19.9. The first kappa shape index (κ1) is 13.6. The lowest BCUT2D eigenvalue weighted by Gasteiger charge is -2.35. The lowest BCUT2D eigenvalue weighted by molar-refractivity contribution is -0.122. The number of carbonyl (C=O) groups is 1. The summed E-state index contributed by atoms with van der Waals surface area (Å²) in [7, 11) is 0. The molecule has 0 bridgehead atoms. The summed E-state index contributed by atoms with van der Waals surface area (Å²) in [5.41, 5.74) is 0. The van der Waals surface area contributed by atoms with E-state index in [1.165, 1.54) is 6.33 Å². The Balaban J connectivity index is 1.49. The summed E-state index contributed by atoms with van der Waals surface area (Å²) in [4.78, 5) is 24.2. The first-order chi connectivity index (χ1) is 9.72. The van der Waals surface area contributed by atoms with Crippen molar-refractivity contribution in [2.45, 2.75) is 18.9 Å². The Bertz CT molecular complexity index is 485. The second-order valence-corrected chi connectivity index (χ2v) is 5.71. The van der Waals surface area contributed by atoms with Crippen LogP contribution in [-0.4, -0.2) is 59.5 Å². The van der Waals surface area contributed by atoms with Crippen molar-refractivity contribution in [3.8, 4) is 0 Å². The summed E-state index contributed by atoms with van der Waals surface area (Å²) in [5.74, 6) is 0.921. The molecule has 0 unspecified atom stereocenters. The van der Waals surface area contributed by atoms with Crippen molar-refractivity contribution in [3.05, 3.63) is 17.5 Å². The third-order valence-electron chi connectivity index (χ3n) is 3.63. The van der Waals surface area contributed by atoms with Crippen molar-refractivity contribution >= 4 is 23.3 Å². The summed E-state index contributed by atoms with van der Waals surface area (Å²) in [6.45, 7) is 3.83. The van der Waals surface area contributed by atoms with Gasteiger partial charge in [0.2, 0.25) is 5.91 Å². The number of rotatable bonds is 4. The quantitative estimate of drug-likeness (QED) is 0.878. The van der Waals surface area contributed by atoms with E-state index in [0.717, 1.165) is 44.8 Å². The maximum atomic E-state index is 11.8. The number of nitrogens with zero attached hydrogens (tertiary/aromatic N) is 4. The van der Waals surface area contributed by atoms with Crippen LogP contribution in [0.25, 0.3) is 0 Å². The van der Waals surface area contributed by atoms with Gasteiger partial charge in [0.15, 0.2) is 5.82 Å². The Morgan fingerprint density at radius 2 is 2.10 bits per heavy atom. The van der Waals surface area contributed by atoms with E-state index < -0.39 is 0 Å². The summed E-state index contributed by atoms with van der Waals surface area (Å²) in [5, 5.41) is 3.59. The zero-order valence-corrected chi connectivity index (χ0v) is 12.0. The van der Waals surface area contributed by atoms with E-state index in [-0.39, 0.29) is 5.91 Å². The molecule has 7 heteroatoms. The molecule has 1 aliphatic carbocycles. The van der Waals surface area contributed by atoms with E-state index in [1.807, 2.05) is 0 Å². The van der Waals surface area contributed by atoms with Crippen molar-refractivity contribution < 1.29 is 4.79 Å². The van der Waals surface area contributed by atoms with Crippen LogP contribution in [0.5, 0.6) is 0 Å². The molecule has 1 aromatic rings. The van der Waals surface area contributed by atoms with E-state index in [2.05, 4.69) is 25.1 Å². The van der Waals surface area contributed by atoms with Crippen molar-refractivity contribution in [3.63, 3.8) is 0 Å². The highest BCUT2D eigenvalue weighted by atomic mass is 35.5. The molecule has 1 saturated carbocycles. The van der Waals surface area contributed by atoms with Crippen LogP contribution in [-0.2, 0) is 4.79 Å². The molecule has 0 spiro atoms. The molecule has 2 heterocycles. The number of anilines is 1. The van der Waals surface area contributed by atoms with E-state index in [9.17, 15) is 4.79 Å². The minimum Gasteiger partial charge on any atom is -0.353 e. The van der Waals surface area contributed by atoms with Crippen LogP contribution < -0.4 is 10.2 Å². The largest absolute Gasteiger partial charge is 0.353 e. The summed E-state index contributed by atoms with van der Waals surface area (Å²) >= 11 is 6.10. The summed E-state index contributed by atoms with van der Waals surface area (Å²) in [6, 6.07) is 0.434. The highest BCUT2D eigenvalue weighted by Crippen LogP contribution is 2.22. The van der Waals surface area contributed by atoms with E-state index in [1.54, 1.807) is 6.20 Å². The maximum absolute atomic E-state index is 11.8. The van der Waals surface area contributed by atoms with Crippen molar-refractivity contribution in [1.82, 2.24) is 20.2 Å². The summed E-state index contributed by atoms with van der Waals surface area (Å²) < 4.78 is 0. The molecule has 108 valence electrons.